The summed E-state index contributed by atoms with van der Waals surface area (Å²) in [5.74, 6) is -0.269. The van der Waals surface area contributed by atoms with Gasteiger partial charge in [0.1, 0.15) is 5.82 Å². The van der Waals surface area contributed by atoms with Crippen molar-refractivity contribution in [2.24, 2.45) is 0 Å². The largest absolute Gasteiger partial charge is 0.378 e. The van der Waals surface area contributed by atoms with Gasteiger partial charge in [-0.25, -0.2) is 9.18 Å². The van der Waals surface area contributed by atoms with Crippen LogP contribution >= 0.6 is 0 Å². The molecule has 1 fully saturated rings. The lowest BCUT2D eigenvalue weighted by atomic mass is 10.2. The van der Waals surface area contributed by atoms with Gasteiger partial charge in [0.15, 0.2) is 0 Å². The number of hydrogen-bond donors (Lipinski definition) is 1. The van der Waals surface area contributed by atoms with E-state index in [1.807, 2.05) is 19.0 Å². The van der Waals surface area contributed by atoms with E-state index in [-0.39, 0.29) is 11.8 Å². The molecule has 26 heavy (non-hydrogen) atoms. The van der Waals surface area contributed by atoms with Crippen LogP contribution in [0.15, 0.2) is 48.5 Å². The van der Waals surface area contributed by atoms with Gasteiger partial charge in [-0.1, -0.05) is 12.1 Å². The van der Waals surface area contributed by atoms with Gasteiger partial charge < -0.3 is 20.0 Å². The van der Waals surface area contributed by atoms with Gasteiger partial charge in [0.2, 0.25) is 0 Å². The minimum absolute atomic E-state index is 0.0723. The first-order valence-electron chi connectivity index (χ1n) is 8.82. The van der Waals surface area contributed by atoms with E-state index in [2.05, 4.69) is 39.4 Å². The molecule has 1 aliphatic heterocycles. The van der Waals surface area contributed by atoms with Crippen molar-refractivity contribution in [1.82, 2.24) is 10.2 Å². The number of hydrogen-bond acceptors (Lipinski definition) is 3. The number of carbonyl (C=O) groups is 1. The van der Waals surface area contributed by atoms with Crippen LogP contribution in [0.25, 0.3) is 0 Å². The number of urea groups is 1. The highest BCUT2D eigenvalue weighted by molar-refractivity contribution is 5.74. The average Bonchev–Trinajstić information content (AvgIpc) is 2.67. The third-order valence-electron chi connectivity index (χ3n) is 4.66. The molecule has 3 rings (SSSR count). The first-order chi connectivity index (χ1) is 12.5. The van der Waals surface area contributed by atoms with Crippen LogP contribution < -0.4 is 15.1 Å². The minimum Gasteiger partial charge on any atom is -0.378 e. The molecule has 0 unspecified atom stereocenters. The third-order valence-corrected chi connectivity index (χ3v) is 4.66. The maximum atomic E-state index is 12.9. The van der Waals surface area contributed by atoms with E-state index in [0.29, 0.717) is 19.6 Å². The average molecular weight is 356 g/mol. The highest BCUT2D eigenvalue weighted by Gasteiger charge is 2.21. The molecule has 0 aromatic heterocycles. The second-order valence-corrected chi connectivity index (χ2v) is 6.67. The summed E-state index contributed by atoms with van der Waals surface area (Å²) in [7, 11) is 4.05. The molecule has 5 nitrogen and oxygen atoms in total. The summed E-state index contributed by atoms with van der Waals surface area (Å²) in [5, 5.41) is 2.90. The number of piperazine rings is 1. The molecule has 2 aromatic rings. The van der Waals surface area contributed by atoms with Crippen molar-refractivity contribution in [3.8, 4) is 0 Å². The SMILES string of the molecule is CN(C)c1ccc(N2CCN(C(=O)NCc3ccc(F)cc3)CC2)cc1. The molecular weight excluding hydrogens is 331 g/mol. The number of carbonyl (C=O) groups excluding carboxylic acids is 1. The third kappa shape index (κ3) is 4.45. The molecule has 0 atom stereocenters. The van der Waals surface area contributed by atoms with Crippen LogP contribution in [0, 0.1) is 5.82 Å². The number of rotatable bonds is 4. The Kier molecular flexibility index (Phi) is 5.61. The molecule has 1 aliphatic rings. The Hall–Kier alpha value is -2.76. The van der Waals surface area contributed by atoms with Crippen molar-refractivity contribution >= 4 is 17.4 Å². The minimum atomic E-state index is -0.269. The van der Waals surface area contributed by atoms with Crippen LogP contribution in [0.3, 0.4) is 0 Å². The van der Waals surface area contributed by atoms with Crippen molar-refractivity contribution in [3.63, 3.8) is 0 Å². The molecule has 2 aromatic carbocycles. The van der Waals surface area contributed by atoms with Crippen LogP contribution in [0.1, 0.15) is 5.56 Å². The molecule has 0 aliphatic carbocycles. The number of halogens is 1. The molecule has 0 bridgehead atoms. The Labute approximate surface area is 154 Å². The Balaban J connectivity index is 1.48. The maximum Gasteiger partial charge on any atom is 0.317 e. The normalized spacial score (nSPS) is 14.3. The molecule has 1 heterocycles. The fourth-order valence-corrected chi connectivity index (χ4v) is 3.02. The van der Waals surface area contributed by atoms with E-state index < -0.39 is 0 Å². The molecule has 2 amide bonds. The maximum absolute atomic E-state index is 12.9. The summed E-state index contributed by atoms with van der Waals surface area (Å²) in [6.45, 7) is 3.40. The Morgan fingerprint density at radius 1 is 1.00 bits per heavy atom. The highest BCUT2D eigenvalue weighted by Crippen LogP contribution is 2.20. The van der Waals surface area contributed by atoms with Crippen LogP contribution in [-0.4, -0.2) is 51.2 Å². The lowest BCUT2D eigenvalue weighted by molar-refractivity contribution is 0.194. The van der Waals surface area contributed by atoms with E-state index in [9.17, 15) is 9.18 Å². The number of nitrogens with zero attached hydrogens (tertiary/aromatic N) is 3. The van der Waals surface area contributed by atoms with E-state index in [1.54, 1.807) is 12.1 Å². The zero-order valence-corrected chi connectivity index (χ0v) is 15.3. The topological polar surface area (TPSA) is 38.8 Å². The lowest BCUT2D eigenvalue weighted by Gasteiger charge is -2.36. The van der Waals surface area contributed by atoms with Gasteiger partial charge in [0.05, 0.1) is 0 Å². The Morgan fingerprint density at radius 2 is 1.62 bits per heavy atom. The van der Waals surface area contributed by atoms with Gasteiger partial charge in [0.25, 0.3) is 0 Å². The van der Waals surface area contributed by atoms with Crippen molar-refractivity contribution in [2.45, 2.75) is 6.54 Å². The van der Waals surface area contributed by atoms with Gasteiger partial charge in [-0.05, 0) is 42.0 Å². The zero-order chi connectivity index (χ0) is 18.5. The van der Waals surface area contributed by atoms with Gasteiger partial charge in [-0.2, -0.15) is 0 Å². The number of nitrogens with one attached hydrogen (secondary N) is 1. The summed E-state index contributed by atoms with van der Waals surface area (Å²) in [6, 6.07) is 14.6. The number of amides is 2. The van der Waals surface area contributed by atoms with E-state index in [1.165, 1.54) is 23.5 Å². The fourth-order valence-electron chi connectivity index (χ4n) is 3.02. The summed E-state index contributed by atoms with van der Waals surface area (Å²) < 4.78 is 12.9. The molecule has 0 spiro atoms. The molecule has 0 saturated carbocycles. The molecule has 0 radical (unpaired) electrons. The predicted octanol–water partition coefficient (Wildman–Crippen LogP) is 2.92. The molecule has 1 N–H and O–H groups in total. The predicted molar refractivity (Wildman–Crippen MR) is 103 cm³/mol. The Morgan fingerprint density at radius 3 is 2.19 bits per heavy atom. The molecule has 138 valence electrons. The molecular formula is C20H25FN4O. The van der Waals surface area contributed by atoms with Crippen LogP contribution in [0.2, 0.25) is 0 Å². The molecule has 1 saturated heterocycles. The standard InChI is InChI=1S/C20H25FN4O/c1-23(2)18-7-9-19(10-8-18)24-11-13-25(14-12-24)20(26)22-15-16-3-5-17(21)6-4-16/h3-10H,11-15H2,1-2H3,(H,22,26). The number of anilines is 2. The quantitative estimate of drug-likeness (QED) is 0.916. The van der Waals surface area contributed by atoms with Crippen LogP contribution in [-0.2, 0) is 6.54 Å². The van der Waals surface area contributed by atoms with E-state index in [0.717, 1.165) is 18.7 Å². The second-order valence-electron chi connectivity index (χ2n) is 6.67. The summed E-state index contributed by atoms with van der Waals surface area (Å²) in [5.41, 5.74) is 3.24. The second kappa shape index (κ2) is 8.08. The van der Waals surface area contributed by atoms with Crippen molar-refractivity contribution < 1.29 is 9.18 Å². The first kappa shape index (κ1) is 18.0. The lowest BCUT2D eigenvalue weighted by Crippen LogP contribution is -2.51. The van der Waals surface area contributed by atoms with E-state index >= 15 is 0 Å². The monoisotopic (exact) mass is 356 g/mol. The molecule has 6 heteroatoms. The van der Waals surface area contributed by atoms with Gasteiger partial charge in [-0.15, -0.1) is 0 Å². The van der Waals surface area contributed by atoms with E-state index in [4.69, 9.17) is 0 Å². The van der Waals surface area contributed by atoms with Crippen molar-refractivity contribution in [1.29, 1.82) is 0 Å². The van der Waals surface area contributed by atoms with Gasteiger partial charge in [-0.3, -0.25) is 0 Å². The fraction of sp³-hybridized carbons (Fsp3) is 0.350. The summed E-state index contributed by atoms with van der Waals surface area (Å²) in [6.07, 6.45) is 0. The van der Waals surface area contributed by atoms with Crippen LogP contribution in [0.5, 0.6) is 0 Å². The highest BCUT2D eigenvalue weighted by atomic mass is 19.1. The van der Waals surface area contributed by atoms with Crippen molar-refractivity contribution in [3.05, 3.63) is 59.9 Å². The number of benzene rings is 2. The first-order valence-corrected chi connectivity index (χ1v) is 8.82. The van der Waals surface area contributed by atoms with Crippen molar-refractivity contribution in [2.75, 3.05) is 50.1 Å². The summed E-state index contributed by atoms with van der Waals surface area (Å²) >= 11 is 0. The smallest absolute Gasteiger partial charge is 0.317 e. The zero-order valence-electron chi connectivity index (χ0n) is 15.3. The van der Waals surface area contributed by atoms with Crippen LogP contribution in [0.4, 0.5) is 20.6 Å². The van der Waals surface area contributed by atoms with Gasteiger partial charge in [0, 0.05) is 58.2 Å². The Bertz CT molecular complexity index is 722. The van der Waals surface area contributed by atoms with Gasteiger partial charge >= 0.3 is 6.03 Å². The summed E-state index contributed by atoms with van der Waals surface area (Å²) in [4.78, 5) is 18.5.